The monoisotopic (exact) mass is 262 g/mol. The molecule has 1 atom stereocenters. The van der Waals surface area contributed by atoms with Crippen molar-refractivity contribution in [2.45, 2.75) is 39.2 Å². The fraction of sp³-hybridized carbons (Fsp3) is 0.533. The summed E-state index contributed by atoms with van der Waals surface area (Å²) in [5.74, 6) is 0.728. The summed E-state index contributed by atoms with van der Waals surface area (Å²) in [4.78, 5) is 14.4. The van der Waals surface area contributed by atoms with Crippen molar-refractivity contribution >= 4 is 11.6 Å². The minimum atomic E-state index is 0.0825. The van der Waals surface area contributed by atoms with Crippen LogP contribution in [0.25, 0.3) is 0 Å². The molecule has 2 rings (SSSR count). The number of rotatable bonds is 4. The normalized spacial score (nSPS) is 18.6. The average molecular weight is 262 g/mol. The van der Waals surface area contributed by atoms with Crippen molar-refractivity contribution < 1.29 is 9.53 Å². The molecule has 0 aliphatic carbocycles. The third-order valence-electron chi connectivity index (χ3n) is 3.67. The predicted molar refractivity (Wildman–Crippen MR) is 76.4 cm³/mol. The lowest BCUT2D eigenvalue weighted by molar-refractivity contribution is 0.0733. The van der Waals surface area contributed by atoms with Crippen LogP contribution in [0.3, 0.4) is 0 Å². The Morgan fingerprint density at radius 3 is 2.89 bits per heavy atom. The lowest BCUT2D eigenvalue weighted by Gasteiger charge is -2.24. The number of amides is 1. The number of carbonyl (C=O) groups excluding carboxylic acids is 1. The van der Waals surface area contributed by atoms with Crippen LogP contribution in [0.2, 0.25) is 0 Å². The van der Waals surface area contributed by atoms with Crippen LogP contribution in [0.4, 0.5) is 5.69 Å². The van der Waals surface area contributed by atoms with E-state index in [0.29, 0.717) is 29.6 Å². The van der Waals surface area contributed by atoms with Gasteiger partial charge in [-0.2, -0.15) is 0 Å². The number of nitrogens with zero attached hydrogens (tertiary/aromatic N) is 1. The summed E-state index contributed by atoms with van der Waals surface area (Å²) >= 11 is 0. The van der Waals surface area contributed by atoms with E-state index >= 15 is 0 Å². The van der Waals surface area contributed by atoms with E-state index in [2.05, 4.69) is 6.92 Å². The highest BCUT2D eigenvalue weighted by Gasteiger charge is 2.28. The largest absolute Gasteiger partial charge is 0.492 e. The molecule has 2 N–H and O–H groups in total. The number of hydrogen-bond donors (Lipinski definition) is 1. The molecule has 1 saturated heterocycles. The Hall–Kier alpha value is -1.71. The smallest absolute Gasteiger partial charge is 0.254 e. The Kier molecular flexibility index (Phi) is 4.30. The van der Waals surface area contributed by atoms with E-state index in [1.807, 2.05) is 11.8 Å². The number of ether oxygens (including phenoxy) is 1. The number of likely N-dealkylation sites (tertiary alicyclic amines) is 1. The van der Waals surface area contributed by atoms with E-state index in [1.54, 1.807) is 18.2 Å². The van der Waals surface area contributed by atoms with Gasteiger partial charge in [0.25, 0.3) is 5.91 Å². The van der Waals surface area contributed by atoms with E-state index in [1.165, 1.54) is 0 Å². The van der Waals surface area contributed by atoms with E-state index in [-0.39, 0.29) is 5.91 Å². The molecule has 1 aromatic carbocycles. The number of nitrogens with two attached hydrogens (primary N) is 1. The Balaban J connectivity index is 2.17. The first-order valence-corrected chi connectivity index (χ1v) is 7.00. The number of anilines is 1. The predicted octanol–water partition coefficient (Wildman–Crippen LogP) is 2.68. The SMILES string of the molecule is CCOc1ccc(C(=O)N2CCCC2CC)cc1N. The molecular formula is C15H22N2O2. The molecule has 0 radical (unpaired) electrons. The van der Waals surface area contributed by atoms with Gasteiger partial charge in [0.15, 0.2) is 0 Å². The molecule has 0 spiro atoms. The molecular weight excluding hydrogens is 240 g/mol. The molecule has 4 heteroatoms. The molecule has 19 heavy (non-hydrogen) atoms. The lowest BCUT2D eigenvalue weighted by Crippen LogP contribution is -2.35. The van der Waals surface area contributed by atoms with Gasteiger partial charge in [0.2, 0.25) is 0 Å². The highest BCUT2D eigenvalue weighted by Crippen LogP contribution is 2.26. The second kappa shape index (κ2) is 5.95. The first-order chi connectivity index (χ1) is 9.17. The van der Waals surface area contributed by atoms with Gasteiger partial charge >= 0.3 is 0 Å². The number of hydrogen-bond acceptors (Lipinski definition) is 3. The Morgan fingerprint density at radius 1 is 1.47 bits per heavy atom. The third-order valence-corrected chi connectivity index (χ3v) is 3.67. The van der Waals surface area contributed by atoms with Crippen molar-refractivity contribution in [3.63, 3.8) is 0 Å². The fourth-order valence-corrected chi connectivity index (χ4v) is 2.66. The van der Waals surface area contributed by atoms with Gasteiger partial charge in [-0.1, -0.05) is 6.92 Å². The maximum absolute atomic E-state index is 12.5. The van der Waals surface area contributed by atoms with Gasteiger partial charge in [-0.05, 0) is 44.4 Å². The fourth-order valence-electron chi connectivity index (χ4n) is 2.66. The summed E-state index contributed by atoms with van der Waals surface area (Å²) in [7, 11) is 0. The Labute approximate surface area is 114 Å². The molecule has 1 fully saturated rings. The van der Waals surface area contributed by atoms with Crippen molar-refractivity contribution in [2.24, 2.45) is 0 Å². The van der Waals surface area contributed by atoms with Crippen LogP contribution >= 0.6 is 0 Å². The molecule has 1 unspecified atom stereocenters. The quantitative estimate of drug-likeness (QED) is 0.849. The number of nitrogen functional groups attached to an aromatic ring is 1. The summed E-state index contributed by atoms with van der Waals surface area (Å²) in [6, 6.07) is 5.68. The van der Waals surface area contributed by atoms with E-state index in [4.69, 9.17) is 10.5 Å². The zero-order chi connectivity index (χ0) is 13.8. The van der Waals surface area contributed by atoms with Gasteiger partial charge < -0.3 is 15.4 Å². The van der Waals surface area contributed by atoms with Crippen molar-refractivity contribution in [3.8, 4) is 5.75 Å². The van der Waals surface area contributed by atoms with E-state index in [9.17, 15) is 4.79 Å². The van der Waals surface area contributed by atoms with Gasteiger partial charge in [-0.15, -0.1) is 0 Å². The highest BCUT2D eigenvalue weighted by atomic mass is 16.5. The van der Waals surface area contributed by atoms with Gasteiger partial charge in [0, 0.05) is 18.2 Å². The first-order valence-electron chi connectivity index (χ1n) is 7.00. The van der Waals surface area contributed by atoms with Crippen molar-refractivity contribution in [2.75, 3.05) is 18.9 Å². The zero-order valence-electron chi connectivity index (χ0n) is 11.7. The summed E-state index contributed by atoms with van der Waals surface area (Å²) in [6.45, 7) is 5.46. The molecule has 0 aromatic heterocycles. The molecule has 1 aromatic rings. The molecule has 0 saturated carbocycles. The second-order valence-electron chi connectivity index (χ2n) is 4.89. The standard InChI is InChI=1S/C15H22N2O2/c1-3-12-6-5-9-17(12)15(18)11-7-8-14(19-4-2)13(16)10-11/h7-8,10,12H,3-6,9,16H2,1-2H3. The van der Waals surface area contributed by atoms with Crippen molar-refractivity contribution in [1.29, 1.82) is 0 Å². The molecule has 0 bridgehead atoms. The summed E-state index contributed by atoms with van der Waals surface area (Å²) in [5.41, 5.74) is 7.10. The highest BCUT2D eigenvalue weighted by molar-refractivity contribution is 5.95. The maximum atomic E-state index is 12.5. The summed E-state index contributed by atoms with van der Waals surface area (Å²) in [6.07, 6.45) is 3.21. The Morgan fingerprint density at radius 2 is 2.26 bits per heavy atom. The van der Waals surface area contributed by atoms with Crippen LogP contribution < -0.4 is 10.5 Å². The third kappa shape index (κ3) is 2.83. The molecule has 1 aliphatic rings. The van der Waals surface area contributed by atoms with E-state index in [0.717, 1.165) is 25.8 Å². The average Bonchev–Trinajstić information content (AvgIpc) is 2.88. The van der Waals surface area contributed by atoms with Crippen LogP contribution in [-0.2, 0) is 0 Å². The van der Waals surface area contributed by atoms with Gasteiger partial charge in [-0.25, -0.2) is 0 Å². The minimum absolute atomic E-state index is 0.0825. The molecule has 4 nitrogen and oxygen atoms in total. The first kappa shape index (κ1) is 13.7. The second-order valence-corrected chi connectivity index (χ2v) is 4.89. The molecule has 1 heterocycles. The van der Waals surface area contributed by atoms with Crippen molar-refractivity contribution in [1.82, 2.24) is 4.90 Å². The van der Waals surface area contributed by atoms with Crippen molar-refractivity contribution in [3.05, 3.63) is 23.8 Å². The van der Waals surface area contributed by atoms with Crippen LogP contribution in [0, 0.1) is 0 Å². The number of benzene rings is 1. The number of carbonyl (C=O) groups is 1. The van der Waals surface area contributed by atoms with Gasteiger partial charge in [0.05, 0.1) is 12.3 Å². The molecule has 1 amide bonds. The zero-order valence-corrected chi connectivity index (χ0v) is 11.7. The molecule has 1 aliphatic heterocycles. The minimum Gasteiger partial charge on any atom is -0.492 e. The Bertz CT molecular complexity index is 459. The summed E-state index contributed by atoms with van der Waals surface area (Å²) < 4.78 is 5.39. The van der Waals surface area contributed by atoms with Crippen LogP contribution in [0.1, 0.15) is 43.5 Å². The van der Waals surface area contributed by atoms with E-state index < -0.39 is 0 Å². The maximum Gasteiger partial charge on any atom is 0.254 e. The van der Waals surface area contributed by atoms with Crippen LogP contribution in [0.5, 0.6) is 5.75 Å². The summed E-state index contributed by atoms with van der Waals surface area (Å²) in [5, 5.41) is 0. The molecule has 104 valence electrons. The van der Waals surface area contributed by atoms with Gasteiger partial charge in [0.1, 0.15) is 5.75 Å². The lowest BCUT2D eigenvalue weighted by atomic mass is 10.1. The topological polar surface area (TPSA) is 55.6 Å². The van der Waals surface area contributed by atoms with Gasteiger partial charge in [-0.3, -0.25) is 4.79 Å². The van der Waals surface area contributed by atoms with Crippen LogP contribution in [0.15, 0.2) is 18.2 Å². The van der Waals surface area contributed by atoms with Crippen LogP contribution in [-0.4, -0.2) is 30.0 Å².